The maximum absolute atomic E-state index is 13.2. The summed E-state index contributed by atoms with van der Waals surface area (Å²) in [5.41, 5.74) is 7.83. The molecule has 0 atom stereocenters. The highest BCUT2D eigenvalue weighted by Crippen LogP contribution is 2.40. The van der Waals surface area contributed by atoms with Gasteiger partial charge in [0, 0.05) is 10.4 Å². The van der Waals surface area contributed by atoms with Gasteiger partial charge in [0.15, 0.2) is 0 Å². The number of hydrogen-bond donors (Lipinski definition) is 2. The van der Waals surface area contributed by atoms with E-state index in [4.69, 9.17) is 33.5 Å². The number of thiophene rings is 1. The van der Waals surface area contributed by atoms with Crippen molar-refractivity contribution in [3.05, 3.63) is 55.6 Å². The van der Waals surface area contributed by atoms with E-state index in [-0.39, 0.29) is 11.3 Å². The maximum atomic E-state index is 13.2. The number of aromatic nitrogens is 1. The summed E-state index contributed by atoms with van der Waals surface area (Å²) in [5.74, 6) is -0.692. The molecular weight excluding hydrogens is 433 g/mol. The Morgan fingerprint density at radius 3 is 2.55 bits per heavy atom. The summed E-state index contributed by atoms with van der Waals surface area (Å²) in [6.45, 7) is 1.63. The van der Waals surface area contributed by atoms with E-state index in [1.807, 2.05) is 0 Å². The number of nitrogens with one attached hydrogen (secondary N) is 1. The number of nitrogens with two attached hydrogens (primary N) is 1. The molecule has 0 aliphatic heterocycles. The Kier molecular flexibility index (Phi) is 5.38. The third-order valence-electron chi connectivity index (χ3n) is 4.93. The molecule has 2 amide bonds. The molecule has 4 rings (SSSR count). The largest absolute Gasteiger partial charge is 0.365 e. The predicted octanol–water partition coefficient (Wildman–Crippen LogP) is 5.25. The molecule has 2 heterocycles. The number of carbonyl (C=O) groups excluding carboxylic acids is 2. The summed E-state index contributed by atoms with van der Waals surface area (Å²) in [6, 6.07) is 5.02. The van der Waals surface area contributed by atoms with Crippen LogP contribution in [0.1, 0.15) is 49.8 Å². The van der Waals surface area contributed by atoms with Gasteiger partial charge in [-0.15, -0.1) is 11.3 Å². The number of halogens is 2. The van der Waals surface area contributed by atoms with Crippen molar-refractivity contribution in [2.45, 2.75) is 32.6 Å². The molecule has 150 valence electrons. The summed E-state index contributed by atoms with van der Waals surface area (Å²) in [4.78, 5) is 26.3. The monoisotopic (exact) mass is 449 g/mol. The van der Waals surface area contributed by atoms with Gasteiger partial charge in [0.05, 0.1) is 15.6 Å². The highest BCUT2D eigenvalue weighted by Gasteiger charge is 2.29. The van der Waals surface area contributed by atoms with E-state index in [1.165, 1.54) is 11.3 Å². The Bertz CT molecular complexity index is 1120. The van der Waals surface area contributed by atoms with E-state index in [9.17, 15) is 9.59 Å². The smallest absolute Gasteiger partial charge is 0.262 e. The van der Waals surface area contributed by atoms with Gasteiger partial charge in [-0.1, -0.05) is 34.4 Å². The van der Waals surface area contributed by atoms with Crippen molar-refractivity contribution in [3.63, 3.8) is 0 Å². The zero-order chi connectivity index (χ0) is 20.7. The minimum atomic E-state index is -0.545. The number of primary amides is 1. The minimum Gasteiger partial charge on any atom is -0.365 e. The molecule has 1 aliphatic carbocycles. The minimum absolute atomic E-state index is 0.210. The molecule has 2 aromatic heterocycles. The molecule has 9 heteroatoms. The maximum Gasteiger partial charge on any atom is 0.262 e. The fourth-order valence-electron chi connectivity index (χ4n) is 3.61. The number of carbonyl (C=O) groups is 2. The normalized spacial score (nSPS) is 13.2. The molecule has 0 radical (unpaired) electrons. The van der Waals surface area contributed by atoms with E-state index in [0.717, 1.165) is 36.1 Å². The standard InChI is InChI=1S/C20H17Cl2N3O3S/c1-9-14(17(25-28-9)16-11(21)6-4-7-12(16)22)19(27)24-20-15(18(23)26)10-5-2-3-8-13(10)29-20/h4,6-7H,2-3,5,8H2,1H3,(H2,23,26)(H,24,27). The van der Waals surface area contributed by atoms with Crippen molar-refractivity contribution < 1.29 is 14.1 Å². The first kappa shape index (κ1) is 19.9. The van der Waals surface area contributed by atoms with Gasteiger partial charge in [-0.25, -0.2) is 0 Å². The van der Waals surface area contributed by atoms with Crippen LogP contribution >= 0.6 is 34.5 Å². The van der Waals surface area contributed by atoms with E-state index in [2.05, 4.69) is 10.5 Å². The van der Waals surface area contributed by atoms with Crippen molar-refractivity contribution in [2.75, 3.05) is 5.32 Å². The number of hydrogen-bond acceptors (Lipinski definition) is 5. The summed E-state index contributed by atoms with van der Waals surface area (Å²) in [6.07, 6.45) is 3.71. The van der Waals surface area contributed by atoms with E-state index in [0.29, 0.717) is 31.9 Å². The van der Waals surface area contributed by atoms with Crippen LogP contribution in [0.25, 0.3) is 11.3 Å². The lowest BCUT2D eigenvalue weighted by Crippen LogP contribution is -2.19. The average Bonchev–Trinajstić information content (AvgIpc) is 3.21. The Hall–Kier alpha value is -2.35. The predicted molar refractivity (Wildman–Crippen MR) is 114 cm³/mol. The van der Waals surface area contributed by atoms with E-state index >= 15 is 0 Å². The second-order valence-corrected chi connectivity index (χ2v) is 8.71. The summed E-state index contributed by atoms with van der Waals surface area (Å²) < 4.78 is 5.26. The van der Waals surface area contributed by atoms with Crippen LogP contribution in [-0.2, 0) is 12.8 Å². The quantitative estimate of drug-likeness (QED) is 0.567. The van der Waals surface area contributed by atoms with Crippen LogP contribution in [0.15, 0.2) is 22.7 Å². The van der Waals surface area contributed by atoms with Gasteiger partial charge in [-0.3, -0.25) is 9.59 Å². The Labute approximate surface area is 181 Å². The second kappa shape index (κ2) is 7.82. The molecule has 29 heavy (non-hydrogen) atoms. The first-order valence-corrected chi connectivity index (χ1v) is 10.6. The second-order valence-electron chi connectivity index (χ2n) is 6.79. The zero-order valence-electron chi connectivity index (χ0n) is 15.5. The average molecular weight is 450 g/mol. The van der Waals surface area contributed by atoms with Crippen LogP contribution in [0.3, 0.4) is 0 Å². The number of benzene rings is 1. The molecule has 0 saturated heterocycles. The summed E-state index contributed by atoms with van der Waals surface area (Å²) in [7, 11) is 0. The number of amides is 2. The van der Waals surface area contributed by atoms with Crippen molar-refractivity contribution in [1.29, 1.82) is 0 Å². The summed E-state index contributed by atoms with van der Waals surface area (Å²) in [5, 5.41) is 7.99. The molecule has 6 nitrogen and oxygen atoms in total. The van der Waals surface area contributed by atoms with Gasteiger partial charge in [0.2, 0.25) is 0 Å². The molecule has 0 bridgehead atoms. The molecule has 1 aromatic carbocycles. The Morgan fingerprint density at radius 1 is 1.17 bits per heavy atom. The van der Waals surface area contributed by atoms with Crippen LogP contribution in [0.5, 0.6) is 0 Å². The topological polar surface area (TPSA) is 98.2 Å². The van der Waals surface area contributed by atoms with Gasteiger partial charge in [-0.2, -0.15) is 0 Å². The van der Waals surface area contributed by atoms with E-state index < -0.39 is 11.8 Å². The van der Waals surface area contributed by atoms with Crippen molar-refractivity contribution >= 4 is 51.4 Å². The number of fused-ring (bicyclic) bond motifs is 1. The molecular formula is C20H17Cl2N3O3S. The van der Waals surface area contributed by atoms with Gasteiger partial charge in [0.25, 0.3) is 11.8 Å². The van der Waals surface area contributed by atoms with Crippen molar-refractivity contribution in [2.24, 2.45) is 5.73 Å². The van der Waals surface area contributed by atoms with E-state index in [1.54, 1.807) is 25.1 Å². The van der Waals surface area contributed by atoms with Crippen LogP contribution in [-0.4, -0.2) is 17.0 Å². The van der Waals surface area contributed by atoms with Gasteiger partial charge >= 0.3 is 0 Å². The first-order valence-electron chi connectivity index (χ1n) is 9.04. The zero-order valence-corrected chi connectivity index (χ0v) is 17.8. The van der Waals surface area contributed by atoms with Gasteiger partial charge < -0.3 is 15.6 Å². The first-order chi connectivity index (χ1) is 13.9. The number of rotatable bonds is 4. The summed E-state index contributed by atoms with van der Waals surface area (Å²) >= 11 is 14.0. The highest BCUT2D eigenvalue weighted by molar-refractivity contribution is 7.17. The molecule has 0 spiro atoms. The Morgan fingerprint density at radius 2 is 1.86 bits per heavy atom. The third kappa shape index (κ3) is 3.54. The number of anilines is 1. The van der Waals surface area contributed by atoms with Crippen molar-refractivity contribution in [1.82, 2.24) is 5.16 Å². The lowest BCUT2D eigenvalue weighted by atomic mass is 9.95. The van der Waals surface area contributed by atoms with Gasteiger partial charge in [-0.05, 0) is 50.3 Å². The SMILES string of the molecule is Cc1onc(-c2c(Cl)cccc2Cl)c1C(=O)Nc1sc2c(c1C(N)=O)CCCC2. The lowest BCUT2D eigenvalue weighted by Gasteiger charge is -2.11. The number of aryl methyl sites for hydroxylation is 2. The van der Waals surface area contributed by atoms with Crippen molar-refractivity contribution in [3.8, 4) is 11.3 Å². The molecule has 0 fully saturated rings. The molecule has 3 aromatic rings. The molecule has 0 unspecified atom stereocenters. The number of nitrogens with zero attached hydrogens (tertiary/aromatic N) is 1. The third-order valence-corrected chi connectivity index (χ3v) is 6.77. The molecule has 0 saturated carbocycles. The molecule has 3 N–H and O–H groups in total. The van der Waals surface area contributed by atoms with Gasteiger partial charge in [0.1, 0.15) is 22.0 Å². The fraction of sp³-hybridized carbons (Fsp3) is 0.250. The van der Waals surface area contributed by atoms with Crippen LogP contribution in [0, 0.1) is 6.92 Å². The lowest BCUT2D eigenvalue weighted by molar-refractivity contribution is 0.100. The Balaban J connectivity index is 1.76. The molecule has 1 aliphatic rings. The fourth-order valence-corrected chi connectivity index (χ4v) is 5.48. The van der Waals surface area contributed by atoms with Crippen LogP contribution < -0.4 is 11.1 Å². The highest BCUT2D eigenvalue weighted by atomic mass is 35.5. The van der Waals surface area contributed by atoms with Crippen LogP contribution in [0.2, 0.25) is 10.0 Å². The van der Waals surface area contributed by atoms with Crippen LogP contribution in [0.4, 0.5) is 5.00 Å².